The summed E-state index contributed by atoms with van der Waals surface area (Å²) in [7, 11) is 0. The molecule has 0 N–H and O–H groups in total. The van der Waals surface area contributed by atoms with Gasteiger partial charge in [0.15, 0.2) is 18.1 Å². The highest BCUT2D eigenvalue weighted by Crippen LogP contribution is 2.29. The largest absolute Gasteiger partial charge is 0.490 e. The molecule has 0 saturated carbocycles. The molecule has 1 aromatic rings. The van der Waals surface area contributed by atoms with Crippen molar-refractivity contribution in [3.63, 3.8) is 0 Å². The van der Waals surface area contributed by atoms with Crippen molar-refractivity contribution >= 4 is 18.0 Å². The van der Waals surface area contributed by atoms with Crippen molar-refractivity contribution in [1.82, 2.24) is 4.90 Å². The van der Waals surface area contributed by atoms with Crippen molar-refractivity contribution < 1.29 is 23.8 Å². The Labute approximate surface area is 167 Å². The second-order valence-corrected chi connectivity index (χ2v) is 6.29. The molecule has 0 aliphatic rings. The second-order valence-electron chi connectivity index (χ2n) is 6.29. The molecule has 0 saturated heterocycles. The van der Waals surface area contributed by atoms with Crippen LogP contribution < -0.4 is 9.47 Å². The fourth-order valence-electron chi connectivity index (χ4n) is 2.37. The Balaban J connectivity index is 2.66. The van der Waals surface area contributed by atoms with Crippen molar-refractivity contribution in [2.75, 3.05) is 32.9 Å². The molecule has 154 valence electrons. The molecule has 0 spiro atoms. The molecule has 1 amide bonds. The standard InChI is InChI=1S/C22H31NO5/c1-6-13-27-19-11-9-18(14-20(19)26-8-3)10-12-22(25)28-16-21(24)23(7-2)15-17(4)5/h9-12,14H,4,6-8,13,15-16H2,1-3,5H3/b12-10+. The summed E-state index contributed by atoms with van der Waals surface area (Å²) in [6.07, 6.45) is 3.81. The number of ether oxygens (including phenoxy) is 3. The number of hydrogen-bond acceptors (Lipinski definition) is 5. The average Bonchev–Trinajstić information content (AvgIpc) is 2.67. The van der Waals surface area contributed by atoms with Gasteiger partial charge in [-0.25, -0.2) is 4.79 Å². The highest BCUT2D eigenvalue weighted by Gasteiger charge is 2.13. The number of nitrogens with zero attached hydrogens (tertiary/aromatic N) is 1. The minimum atomic E-state index is -0.580. The van der Waals surface area contributed by atoms with Crippen LogP contribution in [0.3, 0.4) is 0 Å². The summed E-state index contributed by atoms with van der Waals surface area (Å²) in [6, 6.07) is 5.44. The number of carbonyl (C=O) groups excluding carboxylic acids is 2. The average molecular weight is 389 g/mol. The summed E-state index contributed by atoms with van der Waals surface area (Å²) in [6.45, 7) is 13.3. The van der Waals surface area contributed by atoms with E-state index in [1.807, 2.05) is 39.8 Å². The van der Waals surface area contributed by atoms with Crippen molar-refractivity contribution in [2.24, 2.45) is 0 Å². The number of amides is 1. The van der Waals surface area contributed by atoms with E-state index >= 15 is 0 Å². The zero-order valence-corrected chi connectivity index (χ0v) is 17.3. The number of hydrogen-bond donors (Lipinski definition) is 0. The first-order chi connectivity index (χ1) is 13.4. The van der Waals surface area contributed by atoms with E-state index in [1.165, 1.54) is 6.08 Å². The van der Waals surface area contributed by atoms with Gasteiger partial charge in [0.25, 0.3) is 5.91 Å². The Kier molecular flexibility index (Phi) is 10.5. The van der Waals surface area contributed by atoms with E-state index in [0.717, 1.165) is 17.6 Å². The van der Waals surface area contributed by atoms with E-state index in [0.29, 0.717) is 37.8 Å². The fourth-order valence-corrected chi connectivity index (χ4v) is 2.37. The van der Waals surface area contributed by atoms with E-state index in [4.69, 9.17) is 14.2 Å². The molecule has 0 unspecified atom stereocenters. The quantitative estimate of drug-likeness (QED) is 0.309. The molecule has 6 heteroatoms. The molecular formula is C22H31NO5. The van der Waals surface area contributed by atoms with Crippen LogP contribution in [-0.2, 0) is 14.3 Å². The van der Waals surface area contributed by atoms with Crippen LogP contribution in [0.2, 0.25) is 0 Å². The van der Waals surface area contributed by atoms with E-state index in [9.17, 15) is 9.59 Å². The van der Waals surface area contributed by atoms with Crippen molar-refractivity contribution in [2.45, 2.75) is 34.1 Å². The summed E-state index contributed by atoms with van der Waals surface area (Å²) in [5.41, 5.74) is 1.64. The zero-order chi connectivity index (χ0) is 20.9. The first-order valence-corrected chi connectivity index (χ1v) is 9.57. The third-order valence-corrected chi connectivity index (χ3v) is 3.67. The summed E-state index contributed by atoms with van der Waals surface area (Å²) in [5, 5.41) is 0. The first kappa shape index (κ1) is 23.3. The van der Waals surface area contributed by atoms with Crippen LogP contribution in [0.15, 0.2) is 36.4 Å². The predicted octanol–water partition coefficient (Wildman–Crippen LogP) is 3.86. The Hall–Kier alpha value is -2.76. The molecule has 0 heterocycles. The summed E-state index contributed by atoms with van der Waals surface area (Å²) in [5.74, 6) is 0.471. The van der Waals surface area contributed by atoms with E-state index in [-0.39, 0.29) is 12.5 Å². The van der Waals surface area contributed by atoms with Gasteiger partial charge in [-0.3, -0.25) is 4.79 Å². The molecule has 6 nitrogen and oxygen atoms in total. The monoisotopic (exact) mass is 389 g/mol. The molecule has 0 aliphatic carbocycles. The maximum Gasteiger partial charge on any atom is 0.331 e. The number of rotatable bonds is 12. The van der Waals surface area contributed by atoms with Gasteiger partial charge < -0.3 is 19.1 Å². The molecule has 0 aromatic heterocycles. The van der Waals surface area contributed by atoms with Gasteiger partial charge in [-0.05, 0) is 51.0 Å². The summed E-state index contributed by atoms with van der Waals surface area (Å²) >= 11 is 0. The van der Waals surface area contributed by atoms with E-state index < -0.39 is 5.97 Å². The van der Waals surface area contributed by atoms with Crippen LogP contribution in [0.25, 0.3) is 6.08 Å². The summed E-state index contributed by atoms with van der Waals surface area (Å²) < 4.78 is 16.3. The van der Waals surface area contributed by atoms with Crippen LogP contribution >= 0.6 is 0 Å². The van der Waals surface area contributed by atoms with E-state index in [2.05, 4.69) is 6.58 Å². The van der Waals surface area contributed by atoms with Crippen LogP contribution in [0.4, 0.5) is 0 Å². The molecule has 1 rings (SSSR count). The van der Waals surface area contributed by atoms with Crippen molar-refractivity contribution in [3.8, 4) is 11.5 Å². The highest BCUT2D eigenvalue weighted by molar-refractivity contribution is 5.89. The van der Waals surface area contributed by atoms with Crippen molar-refractivity contribution in [1.29, 1.82) is 0 Å². The van der Waals surface area contributed by atoms with Gasteiger partial charge >= 0.3 is 5.97 Å². The lowest BCUT2D eigenvalue weighted by atomic mass is 10.2. The van der Waals surface area contributed by atoms with Crippen molar-refractivity contribution in [3.05, 3.63) is 42.0 Å². The van der Waals surface area contributed by atoms with Gasteiger partial charge in [0.2, 0.25) is 0 Å². The first-order valence-electron chi connectivity index (χ1n) is 9.57. The van der Waals surface area contributed by atoms with Gasteiger partial charge in [0.05, 0.1) is 13.2 Å². The smallest absolute Gasteiger partial charge is 0.331 e. The van der Waals surface area contributed by atoms with Crippen LogP contribution in [0.1, 0.15) is 39.7 Å². The predicted molar refractivity (Wildman–Crippen MR) is 110 cm³/mol. The van der Waals surface area contributed by atoms with Gasteiger partial charge in [-0.2, -0.15) is 0 Å². The highest BCUT2D eigenvalue weighted by atomic mass is 16.5. The second kappa shape index (κ2) is 12.6. The Bertz CT molecular complexity index is 696. The maximum absolute atomic E-state index is 12.1. The Morgan fingerprint density at radius 3 is 2.50 bits per heavy atom. The lowest BCUT2D eigenvalue weighted by Gasteiger charge is -2.20. The number of esters is 1. The zero-order valence-electron chi connectivity index (χ0n) is 17.3. The minimum absolute atomic E-state index is 0.247. The van der Waals surface area contributed by atoms with Crippen LogP contribution in [0.5, 0.6) is 11.5 Å². The number of carbonyl (C=O) groups is 2. The fraction of sp³-hybridized carbons (Fsp3) is 0.455. The lowest BCUT2D eigenvalue weighted by molar-refractivity contribution is -0.147. The SMILES string of the molecule is C=C(C)CN(CC)C(=O)COC(=O)/C=C/c1ccc(OCCC)c(OCC)c1. The molecule has 0 atom stereocenters. The molecule has 0 aliphatic heterocycles. The number of likely N-dealkylation sites (N-methyl/N-ethyl adjacent to an activating group) is 1. The molecule has 1 aromatic carbocycles. The molecule has 0 fully saturated rings. The summed E-state index contributed by atoms with van der Waals surface area (Å²) in [4.78, 5) is 25.6. The van der Waals surface area contributed by atoms with Gasteiger partial charge in [-0.15, -0.1) is 0 Å². The minimum Gasteiger partial charge on any atom is -0.490 e. The third-order valence-electron chi connectivity index (χ3n) is 3.67. The third kappa shape index (κ3) is 8.29. The molecule has 0 bridgehead atoms. The van der Waals surface area contributed by atoms with Gasteiger partial charge in [0, 0.05) is 19.2 Å². The van der Waals surface area contributed by atoms with Crippen LogP contribution in [-0.4, -0.2) is 49.7 Å². The Morgan fingerprint density at radius 2 is 1.89 bits per heavy atom. The molecular weight excluding hydrogens is 358 g/mol. The molecule has 28 heavy (non-hydrogen) atoms. The van der Waals surface area contributed by atoms with Gasteiger partial charge in [0.1, 0.15) is 0 Å². The Morgan fingerprint density at radius 1 is 1.14 bits per heavy atom. The topological polar surface area (TPSA) is 65.1 Å². The van der Waals surface area contributed by atoms with Gasteiger partial charge in [-0.1, -0.05) is 25.1 Å². The maximum atomic E-state index is 12.1. The van der Waals surface area contributed by atoms with Crippen LogP contribution in [0, 0.1) is 0 Å². The van der Waals surface area contributed by atoms with E-state index in [1.54, 1.807) is 17.0 Å². The lowest BCUT2D eigenvalue weighted by Crippen LogP contribution is -2.35. The molecule has 0 radical (unpaired) electrons. The normalized spacial score (nSPS) is 10.6. The number of benzene rings is 1.